The third-order valence-electron chi connectivity index (χ3n) is 2.57. The van der Waals surface area contributed by atoms with E-state index in [0.717, 1.165) is 6.04 Å². The molecule has 1 aliphatic rings. The molecule has 1 fully saturated rings. The highest BCUT2D eigenvalue weighted by molar-refractivity contribution is 4.83. The second kappa shape index (κ2) is 5.55. The van der Waals surface area contributed by atoms with Gasteiger partial charge in [0.25, 0.3) is 0 Å². The van der Waals surface area contributed by atoms with Gasteiger partial charge in [0, 0.05) is 12.6 Å². The molecule has 1 aliphatic carbocycles. The summed E-state index contributed by atoms with van der Waals surface area (Å²) in [6.45, 7) is 6.16. The minimum Gasteiger partial charge on any atom is -0.348 e. The first-order chi connectivity index (χ1) is 5.88. The predicted octanol–water partition coefficient (Wildman–Crippen LogP) is 0.444. The molecule has 2 N–H and O–H groups in total. The maximum atomic E-state index is 2.67. The Morgan fingerprint density at radius 2 is 2.08 bits per heavy atom. The summed E-state index contributed by atoms with van der Waals surface area (Å²) in [6, 6.07) is 0.955. The number of unbranched alkanes of at least 4 members (excludes halogenated alkanes) is 1. The lowest BCUT2D eigenvalue weighted by Crippen LogP contribution is -2.81. The van der Waals surface area contributed by atoms with Crippen molar-refractivity contribution in [1.29, 1.82) is 0 Å². The second-order valence-electron chi connectivity index (χ2n) is 3.82. The Kier molecular flexibility index (Phi) is 4.62. The molecule has 0 saturated heterocycles. The van der Waals surface area contributed by atoms with E-state index in [1.807, 2.05) is 0 Å². The van der Waals surface area contributed by atoms with Gasteiger partial charge in [-0.1, -0.05) is 13.3 Å². The Morgan fingerprint density at radius 1 is 1.33 bits per heavy atom. The Balaban J connectivity index is 2.09. The van der Waals surface area contributed by atoms with E-state index in [1.54, 1.807) is 0 Å². The van der Waals surface area contributed by atoms with E-state index in [1.165, 1.54) is 45.3 Å². The third kappa shape index (κ3) is 3.55. The molecule has 0 aliphatic heterocycles. The van der Waals surface area contributed by atoms with Crippen molar-refractivity contribution in [2.45, 2.75) is 38.6 Å². The first kappa shape index (κ1) is 10.0. The largest absolute Gasteiger partial charge is 0.348 e. The molecule has 0 unspecified atom stereocenters. The lowest BCUT2D eigenvalue weighted by Gasteiger charge is -2.20. The fourth-order valence-corrected chi connectivity index (χ4v) is 1.57. The standard InChI is InChI=1S/C10H22N2/c1-3-4-8-12(9-7-11-2)10-5-6-10/h10-11H,3-9H2,1-2H3/p+1. The summed E-state index contributed by atoms with van der Waals surface area (Å²) < 4.78 is 0. The molecule has 72 valence electrons. The quantitative estimate of drug-likeness (QED) is 0.589. The molecular formula is C10H23N2+. The number of nitrogens with two attached hydrogens (primary N) is 1. The van der Waals surface area contributed by atoms with E-state index < -0.39 is 0 Å². The zero-order valence-corrected chi connectivity index (χ0v) is 8.55. The zero-order valence-electron chi connectivity index (χ0n) is 8.55. The van der Waals surface area contributed by atoms with Gasteiger partial charge in [-0.3, -0.25) is 4.90 Å². The summed E-state index contributed by atoms with van der Waals surface area (Å²) in [5, 5.41) is 2.28. The van der Waals surface area contributed by atoms with Gasteiger partial charge in [-0.25, -0.2) is 0 Å². The normalized spacial score (nSPS) is 17.2. The molecule has 0 aromatic heterocycles. The minimum absolute atomic E-state index is 0.955. The molecule has 1 rings (SSSR count). The summed E-state index contributed by atoms with van der Waals surface area (Å²) in [5.41, 5.74) is 0. The molecule has 2 heteroatoms. The molecule has 2 nitrogen and oxygen atoms in total. The Bertz CT molecular complexity index is 102. The van der Waals surface area contributed by atoms with Crippen LogP contribution >= 0.6 is 0 Å². The smallest absolute Gasteiger partial charge is 0.0882 e. The van der Waals surface area contributed by atoms with Crippen LogP contribution in [0.25, 0.3) is 0 Å². The van der Waals surface area contributed by atoms with Crippen molar-refractivity contribution in [2.24, 2.45) is 0 Å². The van der Waals surface area contributed by atoms with Gasteiger partial charge < -0.3 is 5.32 Å². The van der Waals surface area contributed by atoms with Crippen LogP contribution in [0.2, 0.25) is 0 Å². The average molecular weight is 171 g/mol. The Labute approximate surface area is 76.3 Å². The van der Waals surface area contributed by atoms with Crippen molar-refractivity contribution in [1.82, 2.24) is 4.90 Å². The molecule has 0 heterocycles. The van der Waals surface area contributed by atoms with Crippen LogP contribution in [0.5, 0.6) is 0 Å². The minimum atomic E-state index is 0.955. The predicted molar refractivity (Wildman–Crippen MR) is 52.2 cm³/mol. The van der Waals surface area contributed by atoms with Crippen molar-refractivity contribution < 1.29 is 5.32 Å². The summed E-state index contributed by atoms with van der Waals surface area (Å²) >= 11 is 0. The van der Waals surface area contributed by atoms with Gasteiger partial charge in [-0.05, 0) is 25.8 Å². The van der Waals surface area contributed by atoms with Crippen molar-refractivity contribution in [3.05, 3.63) is 0 Å². The van der Waals surface area contributed by atoms with Gasteiger partial charge in [-0.2, -0.15) is 0 Å². The van der Waals surface area contributed by atoms with Gasteiger partial charge in [0.15, 0.2) is 0 Å². The van der Waals surface area contributed by atoms with Gasteiger partial charge >= 0.3 is 0 Å². The first-order valence-corrected chi connectivity index (χ1v) is 5.40. The highest BCUT2D eigenvalue weighted by Crippen LogP contribution is 2.26. The maximum absolute atomic E-state index is 2.67. The van der Waals surface area contributed by atoms with Crippen molar-refractivity contribution in [3.63, 3.8) is 0 Å². The van der Waals surface area contributed by atoms with Crippen LogP contribution in [0, 0.1) is 0 Å². The number of nitrogens with zero attached hydrogens (tertiary/aromatic N) is 1. The zero-order chi connectivity index (χ0) is 8.81. The van der Waals surface area contributed by atoms with Crippen molar-refractivity contribution >= 4 is 0 Å². The van der Waals surface area contributed by atoms with Gasteiger partial charge in [0.05, 0.1) is 13.6 Å². The lowest BCUT2D eigenvalue weighted by molar-refractivity contribution is -0.626. The summed E-state index contributed by atoms with van der Waals surface area (Å²) in [4.78, 5) is 2.67. The second-order valence-corrected chi connectivity index (χ2v) is 3.82. The molecule has 12 heavy (non-hydrogen) atoms. The molecule has 0 bridgehead atoms. The van der Waals surface area contributed by atoms with Crippen LogP contribution in [-0.4, -0.2) is 37.6 Å². The van der Waals surface area contributed by atoms with E-state index >= 15 is 0 Å². The number of hydrogen-bond acceptors (Lipinski definition) is 1. The van der Waals surface area contributed by atoms with Gasteiger partial charge in [-0.15, -0.1) is 0 Å². The van der Waals surface area contributed by atoms with E-state index in [0.29, 0.717) is 0 Å². The van der Waals surface area contributed by atoms with E-state index in [2.05, 4.69) is 24.2 Å². The molecule has 0 amide bonds. The van der Waals surface area contributed by atoms with Crippen LogP contribution in [0.4, 0.5) is 0 Å². The summed E-state index contributed by atoms with van der Waals surface area (Å²) in [6.07, 6.45) is 5.61. The summed E-state index contributed by atoms with van der Waals surface area (Å²) in [7, 11) is 2.16. The van der Waals surface area contributed by atoms with E-state index in [9.17, 15) is 0 Å². The number of rotatable bonds is 7. The fourth-order valence-electron chi connectivity index (χ4n) is 1.57. The van der Waals surface area contributed by atoms with Crippen LogP contribution in [0.15, 0.2) is 0 Å². The average Bonchev–Trinajstić information content (AvgIpc) is 2.88. The topological polar surface area (TPSA) is 19.9 Å². The van der Waals surface area contributed by atoms with Gasteiger partial charge in [0.2, 0.25) is 0 Å². The molecule has 1 saturated carbocycles. The molecule has 0 spiro atoms. The molecule has 0 aromatic rings. The number of likely N-dealkylation sites (N-methyl/N-ethyl adjacent to an activating group) is 1. The maximum Gasteiger partial charge on any atom is 0.0882 e. The van der Waals surface area contributed by atoms with Gasteiger partial charge in [0.1, 0.15) is 0 Å². The van der Waals surface area contributed by atoms with Crippen LogP contribution in [-0.2, 0) is 0 Å². The lowest BCUT2D eigenvalue weighted by atomic mass is 10.3. The Morgan fingerprint density at radius 3 is 2.58 bits per heavy atom. The van der Waals surface area contributed by atoms with Crippen LogP contribution in [0.1, 0.15) is 32.6 Å². The number of hydrogen-bond donors (Lipinski definition) is 1. The summed E-state index contributed by atoms with van der Waals surface area (Å²) in [5.74, 6) is 0. The highest BCUT2D eigenvalue weighted by atomic mass is 15.2. The third-order valence-corrected chi connectivity index (χ3v) is 2.57. The van der Waals surface area contributed by atoms with Crippen molar-refractivity contribution in [3.8, 4) is 0 Å². The first-order valence-electron chi connectivity index (χ1n) is 5.40. The monoisotopic (exact) mass is 171 g/mol. The molecule has 0 atom stereocenters. The fraction of sp³-hybridized carbons (Fsp3) is 1.00. The van der Waals surface area contributed by atoms with Crippen LogP contribution in [0.3, 0.4) is 0 Å². The molecule has 0 aromatic carbocycles. The molecular weight excluding hydrogens is 148 g/mol. The SMILES string of the molecule is CCCCN(CC[NH2+]C)C1CC1. The van der Waals surface area contributed by atoms with E-state index in [4.69, 9.17) is 0 Å². The Hall–Kier alpha value is -0.0800. The molecule has 0 radical (unpaired) electrons. The van der Waals surface area contributed by atoms with Crippen LogP contribution < -0.4 is 5.32 Å². The van der Waals surface area contributed by atoms with Crippen molar-refractivity contribution in [2.75, 3.05) is 26.7 Å². The highest BCUT2D eigenvalue weighted by Gasteiger charge is 2.27. The van der Waals surface area contributed by atoms with E-state index in [-0.39, 0.29) is 0 Å². The number of quaternary nitrogens is 1.